The first-order valence-electron chi connectivity index (χ1n) is 6.97. The lowest BCUT2D eigenvalue weighted by atomic mass is 9.94. The fourth-order valence-electron chi connectivity index (χ4n) is 2.30. The monoisotopic (exact) mass is 291 g/mol. The number of rotatable bonds is 5. The fourth-order valence-corrected chi connectivity index (χ4v) is 2.30. The highest BCUT2D eigenvalue weighted by atomic mass is 16.3. The molecular formula is C14H21N5O2. The molecule has 2 N–H and O–H groups in total. The van der Waals surface area contributed by atoms with Crippen molar-refractivity contribution >= 4 is 11.7 Å². The summed E-state index contributed by atoms with van der Waals surface area (Å²) >= 11 is 0. The molecule has 114 valence electrons. The second kappa shape index (κ2) is 5.77. The van der Waals surface area contributed by atoms with Crippen molar-refractivity contribution in [1.29, 1.82) is 0 Å². The summed E-state index contributed by atoms with van der Waals surface area (Å²) in [4.78, 5) is 20.2. The van der Waals surface area contributed by atoms with Crippen LogP contribution in [0.4, 0.5) is 0 Å². The highest BCUT2D eigenvalue weighted by Crippen LogP contribution is 2.15. The summed E-state index contributed by atoms with van der Waals surface area (Å²) in [5, 5.41) is 17.0. The fraction of sp³-hybridized carbons (Fsp3) is 0.571. The Balaban J connectivity index is 2.07. The van der Waals surface area contributed by atoms with E-state index in [2.05, 4.69) is 20.4 Å². The molecular weight excluding hydrogens is 270 g/mol. The second-order valence-electron chi connectivity index (χ2n) is 6.01. The van der Waals surface area contributed by atoms with E-state index in [1.54, 1.807) is 19.2 Å². The number of nitrogens with one attached hydrogen (secondary N) is 1. The van der Waals surface area contributed by atoms with Crippen molar-refractivity contribution in [1.82, 2.24) is 24.9 Å². The second-order valence-corrected chi connectivity index (χ2v) is 6.01. The van der Waals surface area contributed by atoms with Crippen LogP contribution in [0.1, 0.15) is 43.5 Å². The van der Waals surface area contributed by atoms with Crippen molar-refractivity contribution in [2.45, 2.75) is 39.7 Å². The standard InChI is InChI=1S/C14H21N5O2/c1-9(2)7-14(4,21)8-16-12(20)11-17-13-15-6-5-10(3)19(13)18-11/h5-6,9,21H,7-8H2,1-4H3,(H,16,20). The van der Waals surface area contributed by atoms with Gasteiger partial charge in [0.2, 0.25) is 5.82 Å². The Labute approximate surface area is 123 Å². The van der Waals surface area contributed by atoms with E-state index in [9.17, 15) is 9.90 Å². The van der Waals surface area contributed by atoms with E-state index in [1.165, 1.54) is 4.52 Å². The molecule has 0 aromatic carbocycles. The number of fused-ring (bicyclic) bond motifs is 1. The lowest BCUT2D eigenvalue weighted by Gasteiger charge is -2.25. The average molecular weight is 291 g/mol. The first-order valence-corrected chi connectivity index (χ1v) is 6.97. The van der Waals surface area contributed by atoms with Crippen molar-refractivity contribution in [3.8, 4) is 0 Å². The smallest absolute Gasteiger partial charge is 0.291 e. The minimum atomic E-state index is -0.947. The van der Waals surface area contributed by atoms with E-state index < -0.39 is 11.5 Å². The normalized spacial score (nSPS) is 14.4. The number of amides is 1. The van der Waals surface area contributed by atoms with Crippen LogP contribution in [0, 0.1) is 12.8 Å². The minimum absolute atomic E-state index is 0.0529. The van der Waals surface area contributed by atoms with Crippen molar-refractivity contribution < 1.29 is 9.90 Å². The van der Waals surface area contributed by atoms with E-state index >= 15 is 0 Å². The number of aryl methyl sites for hydroxylation is 1. The molecule has 1 atom stereocenters. The molecule has 2 rings (SSSR count). The molecule has 2 aromatic rings. The molecule has 0 saturated heterocycles. The van der Waals surface area contributed by atoms with Gasteiger partial charge in [-0.25, -0.2) is 9.50 Å². The maximum absolute atomic E-state index is 12.1. The molecule has 0 fully saturated rings. The average Bonchev–Trinajstić information content (AvgIpc) is 2.80. The van der Waals surface area contributed by atoms with Gasteiger partial charge in [-0.3, -0.25) is 4.79 Å². The number of carbonyl (C=O) groups excluding carboxylic acids is 1. The SMILES string of the molecule is Cc1ccnc2nc(C(=O)NCC(C)(O)CC(C)C)nn12. The molecule has 2 aromatic heterocycles. The Morgan fingerprint density at radius 3 is 2.86 bits per heavy atom. The third-order valence-electron chi connectivity index (χ3n) is 3.11. The quantitative estimate of drug-likeness (QED) is 0.856. The zero-order chi connectivity index (χ0) is 15.6. The lowest BCUT2D eigenvalue weighted by Crippen LogP contribution is -2.41. The Morgan fingerprint density at radius 2 is 2.24 bits per heavy atom. The summed E-state index contributed by atoms with van der Waals surface area (Å²) in [7, 11) is 0. The molecule has 2 heterocycles. The van der Waals surface area contributed by atoms with Crippen LogP contribution in [0.3, 0.4) is 0 Å². The third kappa shape index (κ3) is 3.75. The Kier molecular flexibility index (Phi) is 4.22. The number of hydrogen-bond donors (Lipinski definition) is 2. The van der Waals surface area contributed by atoms with Gasteiger partial charge in [0.25, 0.3) is 11.7 Å². The first kappa shape index (κ1) is 15.4. The predicted molar refractivity (Wildman–Crippen MR) is 77.9 cm³/mol. The van der Waals surface area contributed by atoms with Crippen LogP contribution in [0.2, 0.25) is 0 Å². The van der Waals surface area contributed by atoms with Crippen molar-refractivity contribution in [2.75, 3.05) is 6.54 Å². The number of aliphatic hydroxyl groups is 1. The molecule has 0 aliphatic rings. The van der Waals surface area contributed by atoms with Gasteiger partial charge in [0.05, 0.1) is 5.60 Å². The van der Waals surface area contributed by atoms with Crippen LogP contribution >= 0.6 is 0 Å². The number of aromatic nitrogens is 4. The molecule has 0 bridgehead atoms. The van der Waals surface area contributed by atoms with Crippen LogP contribution < -0.4 is 5.32 Å². The summed E-state index contributed by atoms with van der Waals surface area (Å²) in [5.74, 6) is 0.368. The molecule has 0 saturated carbocycles. The van der Waals surface area contributed by atoms with Gasteiger partial charge >= 0.3 is 0 Å². The van der Waals surface area contributed by atoms with Gasteiger partial charge in [-0.05, 0) is 32.3 Å². The third-order valence-corrected chi connectivity index (χ3v) is 3.11. The molecule has 7 heteroatoms. The summed E-state index contributed by atoms with van der Waals surface area (Å²) in [5.41, 5.74) is -0.102. The number of carbonyl (C=O) groups is 1. The van der Waals surface area contributed by atoms with Gasteiger partial charge in [-0.2, -0.15) is 4.98 Å². The van der Waals surface area contributed by atoms with Crippen LogP contribution in [0.25, 0.3) is 5.78 Å². The largest absolute Gasteiger partial charge is 0.388 e. The van der Waals surface area contributed by atoms with Gasteiger partial charge in [0.1, 0.15) is 0 Å². The molecule has 0 aliphatic carbocycles. The zero-order valence-electron chi connectivity index (χ0n) is 12.8. The van der Waals surface area contributed by atoms with Crippen LogP contribution in [0.15, 0.2) is 12.3 Å². The Morgan fingerprint density at radius 1 is 1.52 bits per heavy atom. The Hall–Kier alpha value is -2.02. The summed E-state index contributed by atoms with van der Waals surface area (Å²) in [6, 6.07) is 1.79. The molecule has 7 nitrogen and oxygen atoms in total. The van der Waals surface area contributed by atoms with E-state index in [-0.39, 0.29) is 12.4 Å². The topological polar surface area (TPSA) is 92.4 Å². The molecule has 0 aliphatic heterocycles. The van der Waals surface area contributed by atoms with Crippen molar-refractivity contribution in [2.24, 2.45) is 5.92 Å². The maximum atomic E-state index is 12.1. The van der Waals surface area contributed by atoms with Crippen LogP contribution in [-0.4, -0.2) is 42.7 Å². The van der Waals surface area contributed by atoms with Gasteiger partial charge in [0.15, 0.2) is 0 Å². The Bertz CT molecular complexity index is 648. The van der Waals surface area contributed by atoms with Crippen LogP contribution in [0.5, 0.6) is 0 Å². The molecule has 21 heavy (non-hydrogen) atoms. The van der Waals surface area contributed by atoms with Gasteiger partial charge < -0.3 is 10.4 Å². The van der Waals surface area contributed by atoms with E-state index in [1.807, 2.05) is 20.8 Å². The van der Waals surface area contributed by atoms with Gasteiger partial charge in [-0.1, -0.05) is 13.8 Å². The van der Waals surface area contributed by atoms with Crippen molar-refractivity contribution in [3.05, 3.63) is 23.8 Å². The molecule has 1 amide bonds. The van der Waals surface area contributed by atoms with Crippen LogP contribution in [-0.2, 0) is 0 Å². The lowest BCUT2D eigenvalue weighted by molar-refractivity contribution is 0.0366. The summed E-state index contributed by atoms with van der Waals surface area (Å²) in [6.07, 6.45) is 2.22. The predicted octanol–water partition coefficient (Wildman–Crippen LogP) is 0.960. The number of hydrogen-bond acceptors (Lipinski definition) is 5. The molecule has 0 spiro atoms. The first-order chi connectivity index (χ1) is 9.78. The zero-order valence-corrected chi connectivity index (χ0v) is 12.8. The van der Waals surface area contributed by atoms with E-state index in [4.69, 9.17) is 0 Å². The van der Waals surface area contributed by atoms with Gasteiger partial charge in [0, 0.05) is 18.4 Å². The van der Waals surface area contributed by atoms with E-state index in [0.717, 1.165) is 5.69 Å². The molecule has 0 radical (unpaired) electrons. The number of nitrogens with zero attached hydrogens (tertiary/aromatic N) is 4. The summed E-state index contributed by atoms with van der Waals surface area (Å²) < 4.78 is 1.52. The summed E-state index contributed by atoms with van der Waals surface area (Å²) in [6.45, 7) is 7.77. The highest BCUT2D eigenvalue weighted by molar-refractivity contribution is 5.90. The highest BCUT2D eigenvalue weighted by Gasteiger charge is 2.24. The van der Waals surface area contributed by atoms with Crippen molar-refractivity contribution in [3.63, 3.8) is 0 Å². The maximum Gasteiger partial charge on any atom is 0.291 e. The van der Waals surface area contributed by atoms with E-state index in [0.29, 0.717) is 18.1 Å². The minimum Gasteiger partial charge on any atom is -0.388 e. The van der Waals surface area contributed by atoms with Gasteiger partial charge in [-0.15, -0.1) is 5.10 Å². The molecule has 1 unspecified atom stereocenters.